The molecule has 0 aliphatic heterocycles. The number of nitrogens with two attached hydrogens (primary N) is 1. The van der Waals surface area contributed by atoms with Crippen LogP contribution < -0.4 is 5.73 Å². The molecule has 2 N–H and O–H groups in total. The van der Waals surface area contributed by atoms with Crippen LogP contribution in [0.3, 0.4) is 0 Å². The van der Waals surface area contributed by atoms with Crippen LogP contribution in [0.15, 0.2) is 54.9 Å². The third-order valence-corrected chi connectivity index (χ3v) is 4.02. The fraction of sp³-hybridized carbons (Fsp3) is 0.278. The molecule has 0 aliphatic rings. The third-order valence-electron chi connectivity index (χ3n) is 4.02. The summed E-state index contributed by atoms with van der Waals surface area (Å²) < 4.78 is 2.06. The zero-order chi connectivity index (χ0) is 14.7. The lowest BCUT2D eigenvalue weighted by atomic mass is 9.97. The molecule has 0 spiro atoms. The summed E-state index contributed by atoms with van der Waals surface area (Å²) in [5.74, 6) is 1.10. The molecule has 3 rings (SSSR count). The van der Waals surface area contributed by atoms with E-state index < -0.39 is 0 Å². The number of imidazole rings is 1. The first-order valence-corrected chi connectivity index (χ1v) is 7.42. The Morgan fingerprint density at radius 1 is 1.14 bits per heavy atom. The van der Waals surface area contributed by atoms with Crippen LogP contribution in [-0.2, 0) is 19.9 Å². The van der Waals surface area contributed by atoms with Crippen molar-refractivity contribution in [2.45, 2.75) is 25.3 Å². The molecule has 0 saturated heterocycles. The Bertz CT molecular complexity index is 725. The average molecular weight is 279 g/mol. The van der Waals surface area contributed by atoms with E-state index in [0.29, 0.717) is 0 Å². The predicted octanol–water partition coefficient (Wildman–Crippen LogP) is 3.08. The molecule has 2 aromatic carbocycles. The lowest BCUT2D eigenvalue weighted by Crippen LogP contribution is -2.24. The van der Waals surface area contributed by atoms with E-state index in [1.54, 1.807) is 0 Å². The number of fused-ring (bicyclic) bond motifs is 1. The first kappa shape index (κ1) is 13.8. The Kier molecular flexibility index (Phi) is 4.02. The van der Waals surface area contributed by atoms with Crippen molar-refractivity contribution in [3.8, 4) is 0 Å². The second-order valence-electron chi connectivity index (χ2n) is 5.60. The molecular formula is C18H21N3. The molecule has 0 saturated carbocycles. The molecule has 108 valence electrons. The second-order valence-corrected chi connectivity index (χ2v) is 5.60. The van der Waals surface area contributed by atoms with Gasteiger partial charge in [-0.25, -0.2) is 4.98 Å². The molecule has 1 atom stereocenters. The van der Waals surface area contributed by atoms with Crippen molar-refractivity contribution in [1.29, 1.82) is 0 Å². The normalized spacial score (nSPS) is 12.7. The summed E-state index contributed by atoms with van der Waals surface area (Å²) in [5, 5.41) is 2.60. The van der Waals surface area contributed by atoms with Gasteiger partial charge < -0.3 is 10.3 Å². The van der Waals surface area contributed by atoms with Crippen molar-refractivity contribution in [3.63, 3.8) is 0 Å². The summed E-state index contributed by atoms with van der Waals surface area (Å²) in [4.78, 5) is 4.35. The van der Waals surface area contributed by atoms with E-state index in [9.17, 15) is 0 Å². The molecule has 0 amide bonds. The third kappa shape index (κ3) is 3.14. The zero-order valence-electron chi connectivity index (χ0n) is 12.4. The highest BCUT2D eigenvalue weighted by molar-refractivity contribution is 5.85. The maximum Gasteiger partial charge on any atom is 0.108 e. The molecule has 1 unspecified atom stereocenters. The minimum Gasteiger partial charge on any atom is -0.338 e. The van der Waals surface area contributed by atoms with Gasteiger partial charge in [-0.1, -0.05) is 42.5 Å². The van der Waals surface area contributed by atoms with Crippen LogP contribution in [0.2, 0.25) is 0 Å². The van der Waals surface area contributed by atoms with Crippen LogP contribution in [0, 0.1) is 0 Å². The first-order chi connectivity index (χ1) is 10.2. The summed E-state index contributed by atoms with van der Waals surface area (Å²) in [6, 6.07) is 15.1. The summed E-state index contributed by atoms with van der Waals surface area (Å²) >= 11 is 0. The van der Waals surface area contributed by atoms with Gasteiger partial charge in [-0.05, 0) is 29.2 Å². The first-order valence-electron chi connectivity index (χ1n) is 7.42. The lowest BCUT2D eigenvalue weighted by Gasteiger charge is -2.13. The van der Waals surface area contributed by atoms with E-state index >= 15 is 0 Å². The van der Waals surface area contributed by atoms with Crippen LogP contribution in [0.5, 0.6) is 0 Å². The van der Waals surface area contributed by atoms with Crippen molar-refractivity contribution in [2.75, 3.05) is 0 Å². The SMILES string of the molecule is Cn1ccnc1CCC(N)Cc1cccc2ccccc12. The van der Waals surface area contributed by atoms with Crippen LogP contribution in [-0.4, -0.2) is 15.6 Å². The summed E-state index contributed by atoms with van der Waals surface area (Å²) in [5.41, 5.74) is 7.66. The van der Waals surface area contributed by atoms with Crippen LogP contribution in [0.4, 0.5) is 0 Å². The molecule has 3 aromatic rings. The molecule has 1 heterocycles. The predicted molar refractivity (Wildman–Crippen MR) is 87.2 cm³/mol. The number of benzene rings is 2. The average Bonchev–Trinajstić information content (AvgIpc) is 2.91. The molecule has 0 fully saturated rings. The highest BCUT2D eigenvalue weighted by Crippen LogP contribution is 2.20. The Hall–Kier alpha value is -2.13. The number of aromatic nitrogens is 2. The zero-order valence-corrected chi connectivity index (χ0v) is 12.4. The number of aryl methyl sites for hydroxylation is 2. The Morgan fingerprint density at radius 3 is 2.76 bits per heavy atom. The topological polar surface area (TPSA) is 43.8 Å². The molecule has 0 bridgehead atoms. The number of hydrogen-bond acceptors (Lipinski definition) is 2. The van der Waals surface area contributed by atoms with Gasteiger partial charge in [-0.3, -0.25) is 0 Å². The van der Waals surface area contributed by atoms with Crippen LogP contribution in [0.1, 0.15) is 17.8 Å². The summed E-state index contributed by atoms with van der Waals surface area (Å²) in [7, 11) is 2.03. The monoisotopic (exact) mass is 279 g/mol. The second kappa shape index (κ2) is 6.10. The summed E-state index contributed by atoms with van der Waals surface area (Å²) in [6.45, 7) is 0. The van der Waals surface area contributed by atoms with E-state index in [1.165, 1.54) is 16.3 Å². The van der Waals surface area contributed by atoms with E-state index in [4.69, 9.17) is 5.73 Å². The van der Waals surface area contributed by atoms with Crippen molar-refractivity contribution in [2.24, 2.45) is 12.8 Å². The van der Waals surface area contributed by atoms with Gasteiger partial charge in [0.15, 0.2) is 0 Å². The minimum absolute atomic E-state index is 0.160. The molecular weight excluding hydrogens is 258 g/mol. The van der Waals surface area contributed by atoms with Crippen molar-refractivity contribution in [1.82, 2.24) is 9.55 Å². The van der Waals surface area contributed by atoms with Crippen molar-refractivity contribution < 1.29 is 0 Å². The van der Waals surface area contributed by atoms with Crippen LogP contribution >= 0.6 is 0 Å². The van der Waals surface area contributed by atoms with Crippen LogP contribution in [0.25, 0.3) is 10.8 Å². The quantitative estimate of drug-likeness (QED) is 0.780. The van der Waals surface area contributed by atoms with Gasteiger partial charge in [-0.2, -0.15) is 0 Å². The fourth-order valence-electron chi connectivity index (χ4n) is 2.81. The Labute approximate surface area is 125 Å². The summed E-state index contributed by atoms with van der Waals surface area (Å²) in [6.07, 6.45) is 6.60. The molecule has 0 aliphatic carbocycles. The van der Waals surface area contributed by atoms with Crippen molar-refractivity contribution >= 4 is 10.8 Å². The van der Waals surface area contributed by atoms with Gasteiger partial charge in [0.1, 0.15) is 5.82 Å². The van der Waals surface area contributed by atoms with Gasteiger partial charge in [0.05, 0.1) is 0 Å². The Balaban J connectivity index is 1.69. The number of nitrogens with zero attached hydrogens (tertiary/aromatic N) is 2. The largest absolute Gasteiger partial charge is 0.338 e. The minimum atomic E-state index is 0.160. The lowest BCUT2D eigenvalue weighted by molar-refractivity contribution is 0.591. The standard InChI is InChI=1S/C18H21N3/c1-21-12-11-20-18(21)10-9-16(19)13-15-7-4-6-14-5-2-3-8-17(14)15/h2-8,11-12,16H,9-10,13,19H2,1H3. The molecule has 3 nitrogen and oxygen atoms in total. The van der Waals surface area contributed by atoms with E-state index in [2.05, 4.69) is 52.0 Å². The van der Waals surface area contributed by atoms with Gasteiger partial charge in [0.25, 0.3) is 0 Å². The fourth-order valence-corrected chi connectivity index (χ4v) is 2.81. The van der Waals surface area contributed by atoms with E-state index in [0.717, 1.165) is 25.1 Å². The smallest absolute Gasteiger partial charge is 0.108 e. The van der Waals surface area contributed by atoms with Gasteiger partial charge in [0, 0.05) is 31.9 Å². The van der Waals surface area contributed by atoms with E-state index in [1.807, 2.05) is 19.4 Å². The molecule has 3 heteroatoms. The maximum atomic E-state index is 6.33. The maximum absolute atomic E-state index is 6.33. The Morgan fingerprint density at radius 2 is 1.95 bits per heavy atom. The highest BCUT2D eigenvalue weighted by Gasteiger charge is 2.09. The van der Waals surface area contributed by atoms with Gasteiger partial charge in [-0.15, -0.1) is 0 Å². The highest BCUT2D eigenvalue weighted by atomic mass is 15.0. The number of hydrogen-bond donors (Lipinski definition) is 1. The van der Waals surface area contributed by atoms with E-state index in [-0.39, 0.29) is 6.04 Å². The molecule has 1 aromatic heterocycles. The number of rotatable bonds is 5. The van der Waals surface area contributed by atoms with Gasteiger partial charge >= 0.3 is 0 Å². The van der Waals surface area contributed by atoms with Gasteiger partial charge in [0.2, 0.25) is 0 Å². The molecule has 0 radical (unpaired) electrons. The van der Waals surface area contributed by atoms with Crippen molar-refractivity contribution in [3.05, 3.63) is 66.2 Å². The molecule has 21 heavy (non-hydrogen) atoms.